The van der Waals surface area contributed by atoms with Crippen LogP contribution in [0.2, 0.25) is 0 Å². The lowest BCUT2D eigenvalue weighted by Gasteiger charge is -2.36. The number of hydrogen-bond donors (Lipinski definition) is 1. The Balaban J connectivity index is 2.10. The molecule has 0 amide bonds. The van der Waals surface area contributed by atoms with Crippen LogP contribution in [-0.4, -0.2) is 30.6 Å². The fourth-order valence-corrected chi connectivity index (χ4v) is 3.25. The van der Waals surface area contributed by atoms with Gasteiger partial charge in [0, 0.05) is 18.6 Å². The molecule has 1 aliphatic rings. The van der Waals surface area contributed by atoms with Gasteiger partial charge in [0.2, 0.25) is 0 Å². The molecule has 1 aromatic rings. The molecule has 2 rings (SSSR count). The number of nitrogens with zero attached hydrogens (tertiary/aromatic N) is 1. The van der Waals surface area contributed by atoms with Gasteiger partial charge in [0.1, 0.15) is 0 Å². The van der Waals surface area contributed by atoms with Crippen molar-refractivity contribution in [2.24, 2.45) is 0 Å². The molecule has 1 heterocycles. The number of hydrogen-bond acceptors (Lipinski definition) is 2. The monoisotopic (exact) mass is 288 g/mol. The third-order valence-corrected chi connectivity index (χ3v) is 4.93. The van der Waals surface area contributed by atoms with E-state index in [0.29, 0.717) is 6.04 Å². The lowest BCUT2D eigenvalue weighted by molar-refractivity contribution is 0.144. The maximum atomic E-state index is 3.76. The van der Waals surface area contributed by atoms with Crippen molar-refractivity contribution in [2.45, 2.75) is 65.5 Å². The van der Waals surface area contributed by atoms with E-state index in [2.05, 4.69) is 56.1 Å². The van der Waals surface area contributed by atoms with Gasteiger partial charge < -0.3 is 5.32 Å². The smallest absolute Gasteiger partial charge is 0.0449 e. The maximum Gasteiger partial charge on any atom is 0.0449 e. The highest BCUT2D eigenvalue weighted by Gasteiger charge is 2.22. The van der Waals surface area contributed by atoms with Crippen LogP contribution in [0.1, 0.15) is 62.3 Å². The van der Waals surface area contributed by atoms with Gasteiger partial charge in [-0.25, -0.2) is 0 Å². The highest BCUT2D eigenvalue weighted by molar-refractivity contribution is 5.32. The highest BCUT2D eigenvalue weighted by atomic mass is 15.2. The number of nitrogens with one attached hydrogen (secondary N) is 1. The lowest BCUT2D eigenvalue weighted by atomic mass is 9.98. The summed E-state index contributed by atoms with van der Waals surface area (Å²) in [6, 6.07) is 8.15. The normalized spacial score (nSPS) is 21.4. The van der Waals surface area contributed by atoms with Crippen LogP contribution >= 0.6 is 0 Å². The van der Waals surface area contributed by atoms with E-state index in [1.165, 1.54) is 48.9 Å². The van der Waals surface area contributed by atoms with E-state index >= 15 is 0 Å². The summed E-state index contributed by atoms with van der Waals surface area (Å²) in [4.78, 5) is 2.67. The van der Waals surface area contributed by atoms with Crippen molar-refractivity contribution in [3.05, 3.63) is 34.9 Å². The summed E-state index contributed by atoms with van der Waals surface area (Å²) in [5.74, 6) is 0. The second-order valence-corrected chi connectivity index (χ2v) is 6.69. The van der Waals surface area contributed by atoms with Crippen molar-refractivity contribution < 1.29 is 0 Å². The molecule has 2 heteroatoms. The van der Waals surface area contributed by atoms with E-state index in [-0.39, 0.29) is 0 Å². The van der Waals surface area contributed by atoms with Gasteiger partial charge in [-0.15, -0.1) is 0 Å². The molecular formula is C19H32N2. The molecule has 1 fully saturated rings. The molecule has 0 aromatic heterocycles. The quantitative estimate of drug-likeness (QED) is 0.843. The van der Waals surface area contributed by atoms with E-state index in [1.54, 1.807) is 0 Å². The van der Waals surface area contributed by atoms with E-state index in [0.717, 1.165) is 19.1 Å². The minimum atomic E-state index is 0.463. The van der Waals surface area contributed by atoms with E-state index in [4.69, 9.17) is 0 Å². The first-order valence-corrected chi connectivity index (χ1v) is 8.66. The average Bonchev–Trinajstić information content (AvgIpc) is 2.48. The zero-order valence-corrected chi connectivity index (χ0v) is 14.3. The fourth-order valence-electron chi connectivity index (χ4n) is 3.25. The molecule has 0 aliphatic carbocycles. The molecule has 1 aliphatic heterocycles. The van der Waals surface area contributed by atoms with E-state index < -0.39 is 0 Å². The van der Waals surface area contributed by atoms with Gasteiger partial charge in [-0.3, -0.25) is 4.90 Å². The Morgan fingerprint density at radius 2 is 2.05 bits per heavy atom. The van der Waals surface area contributed by atoms with Crippen molar-refractivity contribution in [1.82, 2.24) is 10.2 Å². The molecule has 1 saturated heterocycles. The molecule has 0 spiro atoms. The maximum absolute atomic E-state index is 3.76. The molecule has 0 radical (unpaired) electrons. The molecule has 2 nitrogen and oxygen atoms in total. The number of piperidine rings is 1. The Morgan fingerprint density at radius 1 is 1.24 bits per heavy atom. The predicted octanol–water partition coefficient (Wildman–Crippen LogP) is 4.22. The SMILES string of the molecule is CCCNC(CN1CCCCC1C)c1ccc(C)c(C)c1. The van der Waals surface area contributed by atoms with Crippen LogP contribution in [0.4, 0.5) is 0 Å². The van der Waals surface area contributed by atoms with Crippen LogP contribution < -0.4 is 5.32 Å². The van der Waals surface area contributed by atoms with Gasteiger partial charge in [0.15, 0.2) is 0 Å². The summed E-state index contributed by atoms with van der Waals surface area (Å²) in [6.07, 6.45) is 5.30. The third kappa shape index (κ3) is 4.55. The zero-order valence-electron chi connectivity index (χ0n) is 14.3. The molecule has 118 valence electrons. The number of rotatable bonds is 6. The number of benzene rings is 1. The Bertz CT molecular complexity index is 441. The van der Waals surface area contributed by atoms with E-state index in [1.807, 2.05) is 0 Å². The molecule has 0 saturated carbocycles. The summed E-state index contributed by atoms with van der Waals surface area (Å²) in [5, 5.41) is 3.76. The molecular weight excluding hydrogens is 256 g/mol. The van der Waals surface area contributed by atoms with Crippen LogP contribution in [0.15, 0.2) is 18.2 Å². The van der Waals surface area contributed by atoms with Crippen molar-refractivity contribution in [3.8, 4) is 0 Å². The first kappa shape index (κ1) is 16.5. The molecule has 0 bridgehead atoms. The third-order valence-electron chi connectivity index (χ3n) is 4.93. The predicted molar refractivity (Wildman–Crippen MR) is 91.8 cm³/mol. The van der Waals surface area contributed by atoms with Crippen LogP contribution in [-0.2, 0) is 0 Å². The zero-order chi connectivity index (χ0) is 15.2. The van der Waals surface area contributed by atoms with Crippen LogP contribution in [0.25, 0.3) is 0 Å². The summed E-state index contributed by atoms with van der Waals surface area (Å²) in [6.45, 7) is 12.5. The van der Waals surface area contributed by atoms with E-state index in [9.17, 15) is 0 Å². The standard InChI is InChI=1S/C19H32N2/c1-5-11-20-19(14-21-12-7-6-8-17(21)4)18-10-9-15(2)16(3)13-18/h9-10,13,17,19-20H,5-8,11-12,14H2,1-4H3. The van der Waals surface area contributed by atoms with Crippen LogP contribution in [0.3, 0.4) is 0 Å². The minimum Gasteiger partial charge on any atom is -0.309 e. The van der Waals surface area contributed by atoms with Crippen LogP contribution in [0, 0.1) is 13.8 Å². The second kappa shape index (κ2) is 7.95. The van der Waals surface area contributed by atoms with Gasteiger partial charge >= 0.3 is 0 Å². The summed E-state index contributed by atoms with van der Waals surface area (Å²) < 4.78 is 0. The van der Waals surface area contributed by atoms with Gasteiger partial charge in [-0.1, -0.05) is 31.5 Å². The molecule has 1 aromatic carbocycles. The average molecular weight is 288 g/mol. The lowest BCUT2D eigenvalue weighted by Crippen LogP contribution is -2.43. The molecule has 2 atom stereocenters. The van der Waals surface area contributed by atoms with Crippen molar-refractivity contribution in [2.75, 3.05) is 19.6 Å². The minimum absolute atomic E-state index is 0.463. The summed E-state index contributed by atoms with van der Waals surface area (Å²) in [5.41, 5.74) is 4.24. The van der Waals surface area contributed by atoms with Crippen molar-refractivity contribution >= 4 is 0 Å². The van der Waals surface area contributed by atoms with Gasteiger partial charge in [0.25, 0.3) is 0 Å². The number of aryl methyl sites for hydroxylation is 2. The topological polar surface area (TPSA) is 15.3 Å². The molecule has 21 heavy (non-hydrogen) atoms. The van der Waals surface area contributed by atoms with Gasteiger partial charge in [-0.2, -0.15) is 0 Å². The summed E-state index contributed by atoms with van der Waals surface area (Å²) >= 11 is 0. The Hall–Kier alpha value is -0.860. The Labute approximate surface area is 130 Å². The van der Waals surface area contributed by atoms with Crippen molar-refractivity contribution in [3.63, 3.8) is 0 Å². The largest absolute Gasteiger partial charge is 0.309 e. The Kier molecular flexibility index (Phi) is 6.25. The second-order valence-electron chi connectivity index (χ2n) is 6.69. The summed E-state index contributed by atoms with van der Waals surface area (Å²) in [7, 11) is 0. The first-order chi connectivity index (χ1) is 10.1. The first-order valence-electron chi connectivity index (χ1n) is 8.66. The molecule has 2 unspecified atom stereocenters. The van der Waals surface area contributed by atoms with Crippen molar-refractivity contribution in [1.29, 1.82) is 0 Å². The fraction of sp³-hybridized carbons (Fsp3) is 0.684. The van der Waals surface area contributed by atoms with Crippen LogP contribution in [0.5, 0.6) is 0 Å². The molecule has 1 N–H and O–H groups in total. The van der Waals surface area contributed by atoms with Gasteiger partial charge in [-0.05, 0) is 69.8 Å². The Morgan fingerprint density at radius 3 is 2.71 bits per heavy atom. The number of likely N-dealkylation sites (tertiary alicyclic amines) is 1. The highest BCUT2D eigenvalue weighted by Crippen LogP contribution is 2.23. The van der Waals surface area contributed by atoms with Gasteiger partial charge in [0.05, 0.1) is 0 Å².